The van der Waals surface area contributed by atoms with E-state index in [4.69, 9.17) is 4.74 Å². The van der Waals surface area contributed by atoms with Gasteiger partial charge >= 0.3 is 0 Å². The molecule has 2 rings (SSSR count). The molecule has 1 heterocycles. The van der Waals surface area contributed by atoms with Crippen LogP contribution in [0.25, 0.3) is 0 Å². The third kappa shape index (κ3) is 4.14. The summed E-state index contributed by atoms with van der Waals surface area (Å²) in [4.78, 5) is 0. The zero-order valence-corrected chi connectivity index (χ0v) is 11.0. The minimum Gasteiger partial charge on any atom is -0.377 e. The van der Waals surface area contributed by atoms with Crippen LogP contribution in [-0.4, -0.2) is 19.3 Å². The van der Waals surface area contributed by atoms with Gasteiger partial charge in [-0.15, -0.1) is 0 Å². The monoisotopic (exact) mass is 233 g/mol. The Morgan fingerprint density at radius 3 is 2.59 bits per heavy atom. The van der Waals surface area contributed by atoms with Gasteiger partial charge in [-0.1, -0.05) is 29.3 Å². The molecule has 1 aromatic rings. The van der Waals surface area contributed by atoms with Gasteiger partial charge in [0.25, 0.3) is 0 Å². The Kier molecular flexibility index (Phi) is 4.57. The first-order valence-electron chi connectivity index (χ1n) is 6.63. The zero-order valence-electron chi connectivity index (χ0n) is 11.0. The smallest absolute Gasteiger partial charge is 0.0699 e. The van der Waals surface area contributed by atoms with Crippen LogP contribution in [0, 0.1) is 13.8 Å². The molecule has 1 aliphatic rings. The average molecular weight is 233 g/mol. The van der Waals surface area contributed by atoms with Gasteiger partial charge in [0.15, 0.2) is 0 Å². The topological polar surface area (TPSA) is 21.3 Å². The van der Waals surface area contributed by atoms with E-state index in [2.05, 4.69) is 37.4 Å². The Bertz CT molecular complexity index is 336. The maximum Gasteiger partial charge on any atom is 0.0699 e. The van der Waals surface area contributed by atoms with Gasteiger partial charge < -0.3 is 10.1 Å². The molecule has 0 radical (unpaired) electrons. The molecule has 1 saturated heterocycles. The molecule has 0 aliphatic carbocycles. The van der Waals surface area contributed by atoms with Crippen LogP contribution in [0.2, 0.25) is 0 Å². The van der Waals surface area contributed by atoms with E-state index in [-0.39, 0.29) is 0 Å². The van der Waals surface area contributed by atoms with E-state index in [1.807, 2.05) is 0 Å². The highest BCUT2D eigenvalue weighted by Gasteiger charge is 2.12. The molecule has 0 aromatic heterocycles. The van der Waals surface area contributed by atoms with Crippen LogP contribution >= 0.6 is 0 Å². The molecule has 1 aliphatic heterocycles. The molecule has 2 heteroatoms. The first kappa shape index (κ1) is 12.6. The van der Waals surface area contributed by atoms with Crippen LogP contribution in [0.5, 0.6) is 0 Å². The Hall–Kier alpha value is -0.860. The van der Waals surface area contributed by atoms with Crippen molar-refractivity contribution >= 4 is 0 Å². The lowest BCUT2D eigenvalue weighted by molar-refractivity contribution is 0.0168. The van der Waals surface area contributed by atoms with Crippen molar-refractivity contribution in [3.63, 3.8) is 0 Å². The summed E-state index contributed by atoms with van der Waals surface area (Å²) in [6.07, 6.45) is 4.18. The van der Waals surface area contributed by atoms with Crippen molar-refractivity contribution in [3.05, 3.63) is 34.9 Å². The average Bonchev–Trinajstić information content (AvgIpc) is 2.29. The second kappa shape index (κ2) is 6.18. The van der Waals surface area contributed by atoms with Crippen molar-refractivity contribution in [3.8, 4) is 0 Å². The fourth-order valence-electron chi connectivity index (χ4n) is 2.52. The predicted molar refractivity (Wildman–Crippen MR) is 71.2 cm³/mol. The maximum atomic E-state index is 5.70. The fourth-order valence-corrected chi connectivity index (χ4v) is 2.52. The number of benzene rings is 1. The molecule has 0 bridgehead atoms. The van der Waals surface area contributed by atoms with E-state index in [0.29, 0.717) is 6.10 Å². The highest BCUT2D eigenvalue weighted by Crippen LogP contribution is 2.12. The lowest BCUT2D eigenvalue weighted by Crippen LogP contribution is -2.31. The first-order valence-corrected chi connectivity index (χ1v) is 6.63. The van der Waals surface area contributed by atoms with Crippen molar-refractivity contribution in [2.75, 3.05) is 13.2 Å². The van der Waals surface area contributed by atoms with Gasteiger partial charge in [0, 0.05) is 19.7 Å². The van der Waals surface area contributed by atoms with Crippen LogP contribution in [0.15, 0.2) is 18.2 Å². The minimum absolute atomic E-state index is 0.426. The largest absolute Gasteiger partial charge is 0.377 e. The second-order valence-corrected chi connectivity index (χ2v) is 5.12. The summed E-state index contributed by atoms with van der Waals surface area (Å²) in [6.45, 7) is 7.17. The van der Waals surface area contributed by atoms with Gasteiger partial charge in [-0.25, -0.2) is 0 Å². The van der Waals surface area contributed by atoms with E-state index in [1.54, 1.807) is 0 Å². The summed E-state index contributed by atoms with van der Waals surface area (Å²) in [5.74, 6) is 0. The van der Waals surface area contributed by atoms with Crippen molar-refractivity contribution in [1.82, 2.24) is 5.32 Å². The molecule has 0 saturated carbocycles. The third-order valence-corrected chi connectivity index (χ3v) is 3.26. The van der Waals surface area contributed by atoms with Crippen LogP contribution < -0.4 is 5.32 Å². The molecule has 1 unspecified atom stereocenters. The van der Waals surface area contributed by atoms with Gasteiger partial charge in [0.2, 0.25) is 0 Å². The van der Waals surface area contributed by atoms with Crippen LogP contribution in [-0.2, 0) is 11.3 Å². The maximum absolute atomic E-state index is 5.70. The second-order valence-electron chi connectivity index (χ2n) is 5.12. The number of hydrogen-bond donors (Lipinski definition) is 1. The van der Waals surface area contributed by atoms with Crippen LogP contribution in [0.4, 0.5) is 0 Å². The number of hydrogen-bond acceptors (Lipinski definition) is 2. The Labute approximate surface area is 104 Å². The van der Waals surface area contributed by atoms with Crippen molar-refractivity contribution in [2.45, 2.75) is 45.8 Å². The van der Waals surface area contributed by atoms with E-state index in [9.17, 15) is 0 Å². The normalized spacial score (nSPS) is 20.5. The summed E-state index contributed by atoms with van der Waals surface area (Å²) in [6, 6.07) is 6.72. The van der Waals surface area contributed by atoms with E-state index in [0.717, 1.165) is 19.7 Å². The molecule has 1 aromatic carbocycles. The minimum atomic E-state index is 0.426. The Morgan fingerprint density at radius 2 is 1.94 bits per heavy atom. The molecular weight excluding hydrogens is 210 g/mol. The van der Waals surface area contributed by atoms with Crippen molar-refractivity contribution in [1.29, 1.82) is 0 Å². The van der Waals surface area contributed by atoms with Crippen molar-refractivity contribution < 1.29 is 4.74 Å². The molecule has 0 spiro atoms. The van der Waals surface area contributed by atoms with Gasteiger partial charge in [-0.3, -0.25) is 0 Å². The zero-order chi connectivity index (χ0) is 12.1. The number of rotatable bonds is 4. The SMILES string of the molecule is Cc1cc(C)cc(CNCC2CCCCO2)c1. The summed E-state index contributed by atoms with van der Waals surface area (Å²) in [7, 11) is 0. The molecule has 17 heavy (non-hydrogen) atoms. The summed E-state index contributed by atoms with van der Waals surface area (Å²) in [5.41, 5.74) is 4.06. The predicted octanol–water partition coefficient (Wildman–Crippen LogP) is 2.96. The molecule has 94 valence electrons. The molecular formula is C15H23NO. The highest BCUT2D eigenvalue weighted by molar-refractivity contribution is 5.28. The van der Waals surface area contributed by atoms with Gasteiger partial charge in [-0.2, -0.15) is 0 Å². The third-order valence-electron chi connectivity index (χ3n) is 3.26. The number of nitrogens with one attached hydrogen (secondary N) is 1. The van der Waals surface area contributed by atoms with Gasteiger partial charge in [-0.05, 0) is 38.7 Å². The van der Waals surface area contributed by atoms with Crippen LogP contribution in [0.1, 0.15) is 36.0 Å². The summed E-state index contributed by atoms with van der Waals surface area (Å²) < 4.78 is 5.70. The van der Waals surface area contributed by atoms with Gasteiger partial charge in [0.1, 0.15) is 0 Å². The van der Waals surface area contributed by atoms with Gasteiger partial charge in [0.05, 0.1) is 6.10 Å². The quantitative estimate of drug-likeness (QED) is 0.863. The lowest BCUT2D eigenvalue weighted by Gasteiger charge is -2.22. The number of aryl methyl sites for hydroxylation is 2. The fraction of sp³-hybridized carbons (Fsp3) is 0.600. The molecule has 2 nitrogen and oxygen atoms in total. The Balaban J connectivity index is 1.77. The van der Waals surface area contributed by atoms with E-state index < -0.39 is 0 Å². The summed E-state index contributed by atoms with van der Waals surface area (Å²) >= 11 is 0. The molecule has 1 fully saturated rings. The molecule has 1 N–H and O–H groups in total. The first-order chi connectivity index (χ1) is 8.24. The van der Waals surface area contributed by atoms with E-state index in [1.165, 1.54) is 36.0 Å². The van der Waals surface area contributed by atoms with E-state index >= 15 is 0 Å². The number of ether oxygens (including phenoxy) is 1. The van der Waals surface area contributed by atoms with Crippen LogP contribution in [0.3, 0.4) is 0 Å². The highest BCUT2D eigenvalue weighted by atomic mass is 16.5. The molecule has 0 amide bonds. The summed E-state index contributed by atoms with van der Waals surface area (Å²) in [5, 5.41) is 3.50. The molecule has 1 atom stereocenters. The lowest BCUT2D eigenvalue weighted by atomic mass is 10.1. The van der Waals surface area contributed by atoms with Crippen molar-refractivity contribution in [2.24, 2.45) is 0 Å². The Morgan fingerprint density at radius 1 is 1.18 bits per heavy atom. The standard InChI is InChI=1S/C15H23NO/c1-12-7-13(2)9-14(8-12)10-16-11-15-5-3-4-6-17-15/h7-9,15-16H,3-6,10-11H2,1-2H3.